The van der Waals surface area contributed by atoms with Crippen molar-refractivity contribution in [3.63, 3.8) is 0 Å². The average molecular weight is 320 g/mol. The molecule has 1 aliphatic rings. The number of fused-ring (bicyclic) bond motifs is 1. The molecule has 0 spiro atoms. The van der Waals surface area contributed by atoms with Crippen molar-refractivity contribution in [1.29, 1.82) is 0 Å². The number of pyridine rings is 1. The van der Waals surface area contributed by atoms with Crippen LogP contribution in [-0.4, -0.2) is 10.1 Å². The lowest BCUT2D eigenvalue weighted by atomic mass is 10.2. The van der Waals surface area contributed by atoms with Crippen LogP contribution in [0.2, 0.25) is 0 Å². The van der Waals surface area contributed by atoms with E-state index in [9.17, 15) is 13.2 Å². The van der Waals surface area contributed by atoms with Crippen molar-refractivity contribution in [2.24, 2.45) is 0 Å². The number of alkyl halides is 3. The molecule has 0 atom stereocenters. The van der Waals surface area contributed by atoms with Gasteiger partial charge in [-0.2, -0.15) is 18.2 Å². The summed E-state index contributed by atoms with van der Waals surface area (Å²) in [5.41, 5.74) is 0.446. The van der Waals surface area contributed by atoms with Crippen molar-refractivity contribution < 1.29 is 22.4 Å². The first kappa shape index (κ1) is 14.0. The summed E-state index contributed by atoms with van der Waals surface area (Å²) in [6, 6.07) is 8.03. The van der Waals surface area contributed by atoms with Gasteiger partial charge in [0.2, 0.25) is 5.88 Å². The van der Waals surface area contributed by atoms with E-state index in [4.69, 9.17) is 9.26 Å². The van der Waals surface area contributed by atoms with Gasteiger partial charge in [0, 0.05) is 12.0 Å². The normalized spacial score (nSPS) is 15.1. The summed E-state index contributed by atoms with van der Waals surface area (Å²) < 4.78 is 48.7. The number of benzene rings is 1. The second kappa shape index (κ2) is 4.97. The van der Waals surface area contributed by atoms with E-state index in [0.717, 1.165) is 36.1 Å². The average Bonchev–Trinajstić information content (AvgIpc) is 3.27. The maximum atomic E-state index is 12.7. The molecule has 0 radical (unpaired) electrons. The van der Waals surface area contributed by atoms with Gasteiger partial charge in [-0.1, -0.05) is 11.2 Å². The smallest absolute Gasteiger partial charge is 0.416 e. The molecule has 0 amide bonds. The highest BCUT2D eigenvalue weighted by Crippen LogP contribution is 2.42. The molecule has 2 aromatic heterocycles. The molecule has 0 saturated heterocycles. The van der Waals surface area contributed by atoms with E-state index < -0.39 is 11.7 Å². The summed E-state index contributed by atoms with van der Waals surface area (Å²) in [4.78, 5) is 4.16. The molecule has 2 heterocycles. The minimum absolute atomic E-state index is 0.0635. The zero-order valence-corrected chi connectivity index (χ0v) is 11.8. The van der Waals surface area contributed by atoms with Gasteiger partial charge in [0.25, 0.3) is 5.71 Å². The number of ether oxygens (including phenoxy) is 1. The summed E-state index contributed by atoms with van der Waals surface area (Å²) in [6.07, 6.45) is -2.24. The van der Waals surface area contributed by atoms with Gasteiger partial charge >= 0.3 is 6.18 Å². The van der Waals surface area contributed by atoms with Crippen LogP contribution < -0.4 is 4.74 Å². The molecule has 1 aliphatic carbocycles. The molecule has 118 valence electrons. The fraction of sp³-hybridized carbons (Fsp3) is 0.250. The molecule has 3 aromatic rings. The number of halogens is 3. The molecular weight excluding hydrogens is 309 g/mol. The summed E-state index contributed by atoms with van der Waals surface area (Å²) in [6.45, 7) is 0. The lowest BCUT2D eigenvalue weighted by Gasteiger charge is -2.09. The maximum absolute atomic E-state index is 12.7. The van der Waals surface area contributed by atoms with Crippen molar-refractivity contribution in [3.8, 4) is 11.6 Å². The van der Waals surface area contributed by atoms with Crippen LogP contribution in [0.15, 0.2) is 40.9 Å². The van der Waals surface area contributed by atoms with E-state index in [1.165, 1.54) is 12.1 Å². The zero-order valence-electron chi connectivity index (χ0n) is 11.8. The highest BCUT2D eigenvalue weighted by atomic mass is 19.4. The Hall–Kier alpha value is -2.57. The Morgan fingerprint density at radius 3 is 2.70 bits per heavy atom. The van der Waals surface area contributed by atoms with Crippen LogP contribution in [0.1, 0.15) is 30.0 Å². The molecule has 7 heteroatoms. The topological polar surface area (TPSA) is 48.2 Å². The summed E-state index contributed by atoms with van der Waals surface area (Å²) >= 11 is 0. The van der Waals surface area contributed by atoms with Crippen molar-refractivity contribution in [1.82, 2.24) is 10.1 Å². The molecule has 1 aromatic carbocycles. The van der Waals surface area contributed by atoms with E-state index in [-0.39, 0.29) is 11.6 Å². The van der Waals surface area contributed by atoms with Gasteiger partial charge in [0.05, 0.1) is 16.6 Å². The molecule has 0 N–H and O–H groups in total. The predicted octanol–water partition coefficient (Wildman–Crippen LogP) is 4.91. The molecule has 0 bridgehead atoms. The van der Waals surface area contributed by atoms with Gasteiger partial charge < -0.3 is 9.26 Å². The number of rotatable bonds is 3. The van der Waals surface area contributed by atoms with Gasteiger partial charge in [0.15, 0.2) is 0 Å². The molecule has 4 rings (SSSR count). The third-order valence-electron chi connectivity index (χ3n) is 3.69. The summed E-state index contributed by atoms with van der Waals surface area (Å²) in [7, 11) is 0. The second-order valence-electron chi connectivity index (χ2n) is 5.47. The van der Waals surface area contributed by atoms with Gasteiger partial charge in [0.1, 0.15) is 5.75 Å². The summed E-state index contributed by atoms with van der Waals surface area (Å²) in [5, 5.41) is 4.83. The third-order valence-corrected chi connectivity index (χ3v) is 3.69. The molecule has 0 unspecified atom stereocenters. The van der Waals surface area contributed by atoms with E-state index in [1.54, 1.807) is 12.1 Å². The number of nitrogens with zero attached hydrogens (tertiary/aromatic N) is 2. The predicted molar refractivity (Wildman–Crippen MR) is 75.3 cm³/mol. The molecular formula is C16H11F3N2O2. The van der Waals surface area contributed by atoms with Crippen LogP contribution in [0.4, 0.5) is 13.2 Å². The zero-order chi connectivity index (χ0) is 16.0. The van der Waals surface area contributed by atoms with Crippen molar-refractivity contribution in [2.75, 3.05) is 0 Å². The number of hydrogen-bond acceptors (Lipinski definition) is 4. The molecule has 23 heavy (non-hydrogen) atoms. The molecule has 1 fully saturated rings. The Bertz CT molecular complexity index is 869. The quantitative estimate of drug-likeness (QED) is 0.688. The van der Waals surface area contributed by atoms with Crippen LogP contribution in [0.5, 0.6) is 11.6 Å². The minimum Gasteiger partial charge on any atom is -0.439 e. The highest BCUT2D eigenvalue weighted by molar-refractivity contribution is 5.77. The van der Waals surface area contributed by atoms with Crippen LogP contribution in [-0.2, 0) is 6.18 Å². The Labute approximate surface area is 128 Å². The SMILES string of the molecule is FC(F)(F)c1cccc(Oc2ccc3c(C4CC4)noc3n2)c1. The molecule has 0 aliphatic heterocycles. The van der Waals surface area contributed by atoms with E-state index in [0.29, 0.717) is 11.6 Å². The van der Waals surface area contributed by atoms with Gasteiger partial charge in [-0.3, -0.25) is 0 Å². The maximum Gasteiger partial charge on any atom is 0.416 e. The Morgan fingerprint density at radius 1 is 1.13 bits per heavy atom. The minimum atomic E-state index is -4.42. The van der Waals surface area contributed by atoms with Gasteiger partial charge in [-0.05, 0) is 37.1 Å². The largest absolute Gasteiger partial charge is 0.439 e. The number of hydrogen-bond donors (Lipinski definition) is 0. The monoisotopic (exact) mass is 320 g/mol. The van der Waals surface area contributed by atoms with Crippen LogP contribution in [0.25, 0.3) is 11.1 Å². The first-order valence-electron chi connectivity index (χ1n) is 7.12. The highest BCUT2D eigenvalue weighted by Gasteiger charge is 2.31. The number of aromatic nitrogens is 2. The van der Waals surface area contributed by atoms with E-state index in [1.807, 2.05) is 0 Å². The lowest BCUT2D eigenvalue weighted by molar-refractivity contribution is -0.137. The Balaban J connectivity index is 1.62. The van der Waals surface area contributed by atoms with Crippen LogP contribution >= 0.6 is 0 Å². The fourth-order valence-electron chi connectivity index (χ4n) is 2.39. The van der Waals surface area contributed by atoms with Gasteiger partial charge in [-0.25, -0.2) is 0 Å². The first-order valence-corrected chi connectivity index (χ1v) is 7.12. The van der Waals surface area contributed by atoms with Crippen molar-refractivity contribution in [2.45, 2.75) is 24.9 Å². The lowest BCUT2D eigenvalue weighted by Crippen LogP contribution is -2.04. The van der Waals surface area contributed by atoms with Crippen LogP contribution in [0.3, 0.4) is 0 Å². The van der Waals surface area contributed by atoms with E-state index in [2.05, 4.69) is 10.1 Å². The third kappa shape index (κ3) is 2.74. The first-order chi connectivity index (χ1) is 11.0. The Morgan fingerprint density at radius 2 is 1.96 bits per heavy atom. The van der Waals surface area contributed by atoms with Crippen molar-refractivity contribution >= 4 is 11.1 Å². The second-order valence-corrected chi connectivity index (χ2v) is 5.47. The molecule has 4 nitrogen and oxygen atoms in total. The summed E-state index contributed by atoms with van der Waals surface area (Å²) in [5.74, 6) is 0.650. The van der Waals surface area contributed by atoms with E-state index >= 15 is 0 Å². The molecule has 1 saturated carbocycles. The fourth-order valence-corrected chi connectivity index (χ4v) is 2.39. The Kier molecular flexibility index (Phi) is 3.04. The van der Waals surface area contributed by atoms with Crippen molar-refractivity contribution in [3.05, 3.63) is 47.7 Å². The standard InChI is InChI=1S/C16H11F3N2O2/c17-16(18,19)10-2-1-3-11(8-10)22-13-7-6-12-14(9-4-5-9)21-23-15(12)20-13/h1-3,6-9H,4-5H2. The van der Waals surface area contributed by atoms with Crippen LogP contribution in [0, 0.1) is 0 Å². The van der Waals surface area contributed by atoms with Gasteiger partial charge in [-0.15, -0.1) is 0 Å².